The Morgan fingerprint density at radius 1 is 1.32 bits per heavy atom. The fourth-order valence-corrected chi connectivity index (χ4v) is 4.55. The van der Waals surface area contributed by atoms with Gasteiger partial charge in [-0.1, -0.05) is 32.4 Å². The summed E-state index contributed by atoms with van der Waals surface area (Å²) in [6.07, 6.45) is 1.81. The number of hydrogen-bond acceptors (Lipinski definition) is 3. The van der Waals surface area contributed by atoms with Gasteiger partial charge in [0.2, 0.25) is 0 Å². The van der Waals surface area contributed by atoms with Gasteiger partial charge in [-0.3, -0.25) is 9.48 Å². The van der Waals surface area contributed by atoms with Gasteiger partial charge in [0, 0.05) is 24.7 Å². The number of aromatic nitrogens is 2. The molecule has 0 saturated heterocycles. The number of nitrogens with zero attached hydrogens (tertiary/aromatic N) is 2. The summed E-state index contributed by atoms with van der Waals surface area (Å²) in [4.78, 5) is 13.0. The molecule has 1 aromatic carbocycles. The van der Waals surface area contributed by atoms with Crippen LogP contribution >= 0.6 is 11.6 Å². The van der Waals surface area contributed by atoms with Gasteiger partial charge in [-0.15, -0.1) is 0 Å². The summed E-state index contributed by atoms with van der Waals surface area (Å²) in [5, 5.41) is 3.71. The van der Waals surface area contributed by atoms with Crippen molar-refractivity contribution in [3.8, 4) is 16.9 Å². The summed E-state index contributed by atoms with van der Waals surface area (Å²) in [7, 11) is 0. The lowest BCUT2D eigenvalue weighted by Gasteiger charge is -2.34. The van der Waals surface area contributed by atoms with Crippen molar-refractivity contribution < 1.29 is 9.13 Å². The van der Waals surface area contributed by atoms with Crippen LogP contribution in [0.1, 0.15) is 40.5 Å². The molecule has 0 saturated carbocycles. The minimum atomic E-state index is -0.492. The van der Waals surface area contributed by atoms with Gasteiger partial charge in [0.1, 0.15) is 22.8 Å². The number of hydrogen-bond donors (Lipinski definition) is 1. The van der Waals surface area contributed by atoms with E-state index in [-0.39, 0.29) is 28.8 Å². The van der Waals surface area contributed by atoms with Crippen molar-refractivity contribution in [2.75, 3.05) is 5.32 Å². The first-order valence-electron chi connectivity index (χ1n) is 10.0. The van der Waals surface area contributed by atoms with E-state index in [0.29, 0.717) is 41.5 Å². The van der Waals surface area contributed by atoms with E-state index >= 15 is 4.39 Å². The van der Waals surface area contributed by atoms with Crippen molar-refractivity contribution in [1.82, 2.24) is 9.36 Å². The van der Waals surface area contributed by atoms with E-state index in [2.05, 4.69) is 33.0 Å². The average Bonchev–Trinajstić information content (AvgIpc) is 2.86. The van der Waals surface area contributed by atoms with Gasteiger partial charge in [0.25, 0.3) is 5.56 Å². The molecule has 2 aromatic rings. The maximum Gasteiger partial charge on any atom is 0.276 e. The largest absolute Gasteiger partial charge is 0.486 e. The van der Waals surface area contributed by atoms with Crippen LogP contribution in [-0.2, 0) is 13.1 Å². The predicted molar refractivity (Wildman–Crippen MR) is 110 cm³/mol. The Hall–Kier alpha value is -1.95. The normalized spacial score (nSPS) is 23.8. The van der Waals surface area contributed by atoms with Crippen molar-refractivity contribution >= 4 is 17.3 Å². The molecular weight excluding hydrogens is 381 g/mol. The summed E-state index contributed by atoms with van der Waals surface area (Å²) in [5.41, 5.74) is 0.913. The van der Waals surface area contributed by atoms with Crippen LogP contribution in [0.3, 0.4) is 0 Å². The number of halogens is 2. The lowest BCUT2D eigenvalue weighted by atomic mass is 9.98. The molecule has 3 atom stereocenters. The molecule has 0 spiro atoms. The van der Waals surface area contributed by atoms with E-state index in [4.69, 9.17) is 16.3 Å². The highest BCUT2D eigenvalue weighted by molar-refractivity contribution is 6.32. The van der Waals surface area contributed by atoms with Gasteiger partial charge in [-0.2, -0.15) is 0 Å². The first-order valence-corrected chi connectivity index (χ1v) is 10.4. The molecule has 152 valence electrons. The Bertz CT molecular complexity index is 966. The molecule has 2 unspecified atom stereocenters. The highest BCUT2D eigenvalue weighted by Gasteiger charge is 2.31. The Morgan fingerprint density at radius 2 is 2.07 bits per heavy atom. The lowest BCUT2D eigenvalue weighted by molar-refractivity contribution is 0.149. The summed E-state index contributed by atoms with van der Waals surface area (Å²) < 4.78 is 24.5. The lowest BCUT2D eigenvalue weighted by Crippen LogP contribution is -2.40. The molecule has 3 heterocycles. The molecule has 7 heteroatoms. The van der Waals surface area contributed by atoms with E-state index in [0.717, 1.165) is 12.8 Å². The van der Waals surface area contributed by atoms with Crippen LogP contribution < -0.4 is 15.6 Å². The van der Waals surface area contributed by atoms with E-state index in [1.54, 1.807) is 15.4 Å². The van der Waals surface area contributed by atoms with Crippen LogP contribution in [-0.4, -0.2) is 21.5 Å². The number of fused-ring (bicyclic) bond motifs is 2. The molecule has 28 heavy (non-hydrogen) atoms. The standard InChI is InChI=1S/C21H27ClFN3O2/c1-11(2)7-17-13(4)24-16-8-14(15(23)9-18(16)28-17)19-20(22)25-6-5-12(3)10-26(25)21(19)27/h8-9,11-13,17,24H,5-7,10H2,1-4H3/t12-,13?,17?/m1/s1. The highest BCUT2D eigenvalue weighted by Crippen LogP contribution is 2.39. The maximum atomic E-state index is 15.0. The van der Waals surface area contributed by atoms with E-state index in [1.807, 2.05) is 0 Å². The van der Waals surface area contributed by atoms with Crippen LogP contribution in [0.25, 0.3) is 11.1 Å². The van der Waals surface area contributed by atoms with Crippen molar-refractivity contribution in [1.29, 1.82) is 0 Å². The zero-order valence-electron chi connectivity index (χ0n) is 16.8. The molecule has 5 nitrogen and oxygen atoms in total. The van der Waals surface area contributed by atoms with Crippen molar-refractivity contribution in [2.45, 2.75) is 65.8 Å². The fraction of sp³-hybridized carbons (Fsp3) is 0.571. The number of benzene rings is 1. The van der Waals surface area contributed by atoms with Gasteiger partial charge in [-0.05, 0) is 37.7 Å². The monoisotopic (exact) mass is 407 g/mol. The minimum Gasteiger partial charge on any atom is -0.486 e. The van der Waals surface area contributed by atoms with E-state index < -0.39 is 5.82 Å². The number of anilines is 1. The Labute approximate surface area is 169 Å². The number of nitrogens with one attached hydrogen (secondary N) is 1. The predicted octanol–water partition coefficient (Wildman–Crippen LogP) is 4.76. The molecule has 0 radical (unpaired) electrons. The third-order valence-electron chi connectivity index (χ3n) is 5.75. The molecule has 0 fully saturated rings. The zero-order chi connectivity index (χ0) is 20.2. The van der Waals surface area contributed by atoms with Crippen LogP contribution in [0.2, 0.25) is 5.15 Å². The van der Waals surface area contributed by atoms with Crippen LogP contribution in [0, 0.1) is 17.7 Å². The molecule has 2 aliphatic rings. The molecule has 1 N–H and O–H groups in total. The summed E-state index contributed by atoms with van der Waals surface area (Å²) in [6, 6.07) is 3.12. The Kier molecular flexibility index (Phi) is 4.94. The molecule has 1 aromatic heterocycles. The minimum absolute atomic E-state index is 0.0183. The van der Waals surface area contributed by atoms with Gasteiger partial charge >= 0.3 is 0 Å². The molecule has 0 aliphatic carbocycles. The Balaban J connectivity index is 1.76. The smallest absolute Gasteiger partial charge is 0.276 e. The summed E-state index contributed by atoms with van der Waals surface area (Å²) >= 11 is 6.52. The average molecular weight is 408 g/mol. The van der Waals surface area contributed by atoms with Gasteiger partial charge in [0.15, 0.2) is 0 Å². The third-order valence-corrected chi connectivity index (χ3v) is 6.14. The van der Waals surface area contributed by atoms with Gasteiger partial charge < -0.3 is 10.1 Å². The second kappa shape index (κ2) is 7.14. The van der Waals surface area contributed by atoms with Crippen LogP contribution in [0.15, 0.2) is 16.9 Å². The SMILES string of the molecule is CC(C)CC1Oc2cc(F)c(-c3c(Cl)n4n(c3=O)C[C@H](C)CC4)cc2NC1C. The van der Waals surface area contributed by atoms with Gasteiger partial charge in [0.05, 0.1) is 17.3 Å². The number of ether oxygens (including phenoxy) is 1. The Morgan fingerprint density at radius 3 is 2.79 bits per heavy atom. The second-order valence-corrected chi connectivity index (χ2v) is 8.98. The second-order valence-electron chi connectivity index (χ2n) is 8.62. The molecule has 4 rings (SSSR count). The third kappa shape index (κ3) is 3.21. The van der Waals surface area contributed by atoms with E-state index in [1.165, 1.54) is 6.07 Å². The first kappa shape index (κ1) is 19.4. The summed E-state index contributed by atoms with van der Waals surface area (Å²) in [6.45, 7) is 9.70. The molecule has 2 aliphatic heterocycles. The van der Waals surface area contributed by atoms with E-state index in [9.17, 15) is 4.79 Å². The van der Waals surface area contributed by atoms with Crippen molar-refractivity contribution in [2.24, 2.45) is 11.8 Å². The van der Waals surface area contributed by atoms with Crippen LogP contribution in [0.4, 0.5) is 10.1 Å². The van der Waals surface area contributed by atoms with Crippen molar-refractivity contribution in [3.05, 3.63) is 33.5 Å². The van der Waals surface area contributed by atoms with Crippen molar-refractivity contribution in [3.63, 3.8) is 0 Å². The van der Waals surface area contributed by atoms with Crippen LogP contribution in [0.5, 0.6) is 5.75 Å². The molecular formula is C21H27ClFN3O2. The maximum absolute atomic E-state index is 15.0. The highest BCUT2D eigenvalue weighted by atomic mass is 35.5. The topological polar surface area (TPSA) is 48.2 Å². The zero-order valence-corrected chi connectivity index (χ0v) is 17.5. The number of rotatable bonds is 3. The quantitative estimate of drug-likeness (QED) is 0.798. The molecule has 0 bridgehead atoms. The summed E-state index contributed by atoms with van der Waals surface area (Å²) in [5.74, 6) is 0.868. The first-order chi connectivity index (χ1) is 13.3. The fourth-order valence-electron chi connectivity index (χ4n) is 4.19. The van der Waals surface area contributed by atoms with Gasteiger partial charge in [-0.25, -0.2) is 9.07 Å². The molecule has 0 amide bonds.